The number of aliphatic carboxylic acids is 1. The van der Waals surface area contributed by atoms with Crippen LogP contribution in [0, 0.1) is 0 Å². The van der Waals surface area contributed by atoms with Gasteiger partial charge in [0, 0.05) is 47.0 Å². The van der Waals surface area contributed by atoms with Gasteiger partial charge in [0.15, 0.2) is 0 Å². The molecule has 0 heterocycles. The van der Waals surface area contributed by atoms with E-state index in [0.717, 1.165) is 64.4 Å². The van der Waals surface area contributed by atoms with Crippen LogP contribution in [0.15, 0.2) is 72.8 Å². The van der Waals surface area contributed by atoms with E-state index in [1.807, 2.05) is 0 Å². The smallest absolute Gasteiger partial charge is 0.328 e. The Balaban J connectivity index is 0.000000413. The fourth-order valence-corrected chi connectivity index (χ4v) is 4.73. The highest BCUT2D eigenvalue weighted by molar-refractivity contribution is 6.37. The van der Waals surface area contributed by atoms with Crippen molar-refractivity contribution in [2.45, 2.75) is 57.7 Å². The molecule has 0 saturated heterocycles. The van der Waals surface area contributed by atoms with E-state index in [1.54, 1.807) is 30.3 Å². The van der Waals surface area contributed by atoms with Gasteiger partial charge in [0.05, 0.1) is 12.7 Å². The predicted octanol–water partition coefficient (Wildman–Crippen LogP) is 7.20. The molecule has 0 amide bonds. The van der Waals surface area contributed by atoms with Gasteiger partial charge in [-0.2, -0.15) is 0 Å². The zero-order chi connectivity index (χ0) is 31.3. The third kappa shape index (κ3) is 15.4. The largest absolute Gasteiger partial charge is 0.508 e. The first-order chi connectivity index (χ1) is 20.8. The summed E-state index contributed by atoms with van der Waals surface area (Å²) in [5.41, 5.74) is 3.06. The van der Waals surface area contributed by atoms with Gasteiger partial charge in [-0.3, -0.25) is 0 Å². The number of benzene rings is 3. The normalized spacial score (nSPS) is 11.7. The van der Waals surface area contributed by atoms with E-state index in [2.05, 4.69) is 35.6 Å². The molecular formula is C34H43Cl2NO6. The van der Waals surface area contributed by atoms with E-state index in [0.29, 0.717) is 33.3 Å². The minimum atomic E-state index is -1.03. The van der Waals surface area contributed by atoms with Gasteiger partial charge in [0.2, 0.25) is 0 Å². The van der Waals surface area contributed by atoms with E-state index in [9.17, 15) is 20.1 Å². The molecule has 0 fully saturated rings. The van der Waals surface area contributed by atoms with Gasteiger partial charge in [0.25, 0.3) is 0 Å². The van der Waals surface area contributed by atoms with Gasteiger partial charge in [-0.15, -0.1) is 0 Å². The molecule has 0 spiro atoms. The monoisotopic (exact) mass is 631 g/mol. The van der Waals surface area contributed by atoms with Gasteiger partial charge in [-0.25, -0.2) is 4.79 Å². The summed E-state index contributed by atoms with van der Waals surface area (Å²) in [6.45, 7) is 2.77. The van der Waals surface area contributed by atoms with Crippen molar-refractivity contribution in [1.82, 2.24) is 5.32 Å². The Hall–Kier alpha value is -2.91. The fraction of sp³-hybridized carbons (Fsp3) is 0.382. The van der Waals surface area contributed by atoms with E-state index in [-0.39, 0.29) is 12.4 Å². The van der Waals surface area contributed by atoms with Crippen LogP contribution < -0.4 is 5.32 Å². The standard InChI is InChI=1S/C25H37NO4.C9H6Cl2O2/c27-20-23-18-22(13-14-24(23)28)25(29)19-26-15-7-1-2-8-16-30-17-9-6-12-21-10-4-3-5-11-21;10-7-2-1-3-8(11)6(7)4-5-9(12)13/h3-5,10-11,13-14,18,25-29H,1-2,6-9,12,15-17,19-20H2;1-5H,(H,12,13)/b;5-4+. The number of carboxylic acids is 1. The topological polar surface area (TPSA) is 119 Å². The molecule has 5 N–H and O–H groups in total. The minimum absolute atomic E-state index is 0.0533. The number of rotatable bonds is 18. The molecule has 0 radical (unpaired) electrons. The number of hydrogen-bond donors (Lipinski definition) is 5. The second-order valence-electron chi connectivity index (χ2n) is 10.0. The molecule has 3 rings (SSSR count). The molecule has 9 heteroatoms. The summed E-state index contributed by atoms with van der Waals surface area (Å²) in [6, 6.07) is 20.4. The third-order valence-electron chi connectivity index (χ3n) is 6.63. The molecule has 0 saturated carbocycles. The highest BCUT2D eigenvalue weighted by Gasteiger charge is 2.10. The van der Waals surface area contributed by atoms with Gasteiger partial charge >= 0.3 is 5.97 Å². The first-order valence-corrected chi connectivity index (χ1v) is 15.4. The van der Waals surface area contributed by atoms with Crippen LogP contribution in [0.2, 0.25) is 10.0 Å². The number of halogens is 2. The van der Waals surface area contributed by atoms with Gasteiger partial charge in [-0.05, 0) is 80.1 Å². The maximum atomic E-state index is 10.2. The number of hydrogen-bond acceptors (Lipinski definition) is 6. The molecule has 0 aliphatic rings. The summed E-state index contributed by atoms with van der Waals surface area (Å²) in [7, 11) is 0. The van der Waals surface area contributed by atoms with E-state index < -0.39 is 12.1 Å². The number of carbonyl (C=O) groups is 1. The maximum Gasteiger partial charge on any atom is 0.328 e. The Morgan fingerprint density at radius 2 is 1.56 bits per heavy atom. The van der Waals surface area contributed by atoms with Gasteiger partial charge in [-0.1, -0.05) is 78.5 Å². The summed E-state index contributed by atoms with van der Waals surface area (Å²) in [6.07, 6.45) is 9.60. The molecule has 7 nitrogen and oxygen atoms in total. The number of aryl methyl sites for hydroxylation is 1. The van der Waals surface area contributed by atoms with Crippen LogP contribution in [0.25, 0.3) is 6.08 Å². The molecule has 1 unspecified atom stereocenters. The fourth-order valence-electron chi connectivity index (χ4n) is 4.21. The predicted molar refractivity (Wildman–Crippen MR) is 174 cm³/mol. The molecule has 43 heavy (non-hydrogen) atoms. The van der Waals surface area contributed by atoms with E-state index in [4.69, 9.17) is 33.0 Å². The van der Waals surface area contributed by atoms with Crippen molar-refractivity contribution in [3.63, 3.8) is 0 Å². The second kappa shape index (κ2) is 21.7. The molecule has 0 bridgehead atoms. The van der Waals surface area contributed by atoms with E-state index >= 15 is 0 Å². The molecule has 0 aliphatic carbocycles. The third-order valence-corrected chi connectivity index (χ3v) is 7.29. The van der Waals surface area contributed by atoms with Crippen LogP contribution in [0.3, 0.4) is 0 Å². The molecule has 234 valence electrons. The van der Waals surface area contributed by atoms with Crippen LogP contribution in [-0.2, 0) is 22.6 Å². The van der Waals surface area contributed by atoms with Crippen molar-refractivity contribution in [3.05, 3.63) is 105 Å². The molecule has 1 atom stereocenters. The first kappa shape index (κ1) is 36.3. The van der Waals surface area contributed by atoms with Crippen molar-refractivity contribution in [2.24, 2.45) is 0 Å². The minimum Gasteiger partial charge on any atom is -0.508 e. The maximum absolute atomic E-state index is 10.2. The highest BCUT2D eigenvalue weighted by atomic mass is 35.5. The Morgan fingerprint density at radius 3 is 2.23 bits per heavy atom. The lowest BCUT2D eigenvalue weighted by Gasteiger charge is -2.14. The van der Waals surface area contributed by atoms with Crippen LogP contribution in [0.1, 0.15) is 66.9 Å². The molecule has 3 aromatic rings. The zero-order valence-corrected chi connectivity index (χ0v) is 25.9. The van der Waals surface area contributed by atoms with Crippen LogP contribution in [-0.4, -0.2) is 52.7 Å². The lowest BCUT2D eigenvalue weighted by Crippen LogP contribution is -2.22. The summed E-state index contributed by atoms with van der Waals surface area (Å²) >= 11 is 11.6. The average Bonchev–Trinajstić information content (AvgIpc) is 3.00. The van der Waals surface area contributed by atoms with Crippen LogP contribution >= 0.6 is 23.2 Å². The summed E-state index contributed by atoms with van der Waals surface area (Å²) in [5.74, 6) is -0.978. The molecule has 0 aliphatic heterocycles. The van der Waals surface area contributed by atoms with Crippen molar-refractivity contribution in [3.8, 4) is 5.75 Å². The Morgan fingerprint density at radius 1 is 0.884 bits per heavy atom. The first-order valence-electron chi connectivity index (χ1n) is 14.6. The Bertz CT molecular complexity index is 1220. The quantitative estimate of drug-likeness (QED) is 0.0744. The second-order valence-corrected chi connectivity index (χ2v) is 10.9. The zero-order valence-electron chi connectivity index (χ0n) is 24.4. The SMILES string of the molecule is O=C(O)/C=C/c1c(Cl)cccc1Cl.OCc1cc(C(O)CNCCCCCCOCCCCc2ccccc2)ccc1O. The van der Waals surface area contributed by atoms with E-state index in [1.165, 1.54) is 24.1 Å². The van der Waals surface area contributed by atoms with Gasteiger partial charge in [0.1, 0.15) is 5.75 Å². The summed E-state index contributed by atoms with van der Waals surface area (Å²) in [4.78, 5) is 10.2. The molecule has 0 aromatic heterocycles. The number of unbranched alkanes of at least 4 members (excludes halogenated alkanes) is 4. The number of ether oxygens (including phenoxy) is 1. The Kier molecular flexibility index (Phi) is 18.3. The van der Waals surface area contributed by atoms with Crippen molar-refractivity contribution >= 4 is 35.2 Å². The van der Waals surface area contributed by atoms with Crippen molar-refractivity contribution in [1.29, 1.82) is 0 Å². The number of aliphatic hydroxyl groups excluding tert-OH is 2. The van der Waals surface area contributed by atoms with Crippen LogP contribution in [0.4, 0.5) is 0 Å². The Labute approximate surface area is 264 Å². The number of phenols is 1. The van der Waals surface area contributed by atoms with Gasteiger partial charge < -0.3 is 30.5 Å². The molecule has 3 aromatic carbocycles. The van der Waals surface area contributed by atoms with Crippen molar-refractivity contribution < 1.29 is 30.0 Å². The van der Waals surface area contributed by atoms with Crippen molar-refractivity contribution in [2.75, 3.05) is 26.3 Å². The number of nitrogens with one attached hydrogen (secondary N) is 1. The highest BCUT2D eigenvalue weighted by Crippen LogP contribution is 2.25. The lowest BCUT2D eigenvalue weighted by atomic mass is 10.1. The van der Waals surface area contributed by atoms with Crippen LogP contribution in [0.5, 0.6) is 5.75 Å². The molecular weight excluding hydrogens is 589 g/mol. The number of aliphatic hydroxyl groups is 2. The summed E-state index contributed by atoms with van der Waals surface area (Å²) < 4.78 is 5.72. The average molecular weight is 633 g/mol. The lowest BCUT2D eigenvalue weighted by molar-refractivity contribution is -0.131. The summed E-state index contributed by atoms with van der Waals surface area (Å²) in [5, 5.41) is 41.5. The number of carboxylic acid groups (broad SMARTS) is 1. The number of aromatic hydroxyl groups is 1.